The van der Waals surface area contributed by atoms with Crippen molar-refractivity contribution in [3.63, 3.8) is 0 Å². The third-order valence-electron chi connectivity index (χ3n) is 4.03. The number of amides is 1. The Kier molecular flexibility index (Phi) is 7.11. The Morgan fingerprint density at radius 2 is 2.14 bits per heavy atom. The number of nitrogens with one attached hydrogen (secondary N) is 1. The van der Waals surface area contributed by atoms with Gasteiger partial charge < -0.3 is 15.5 Å². The predicted octanol–water partition coefficient (Wildman–Crippen LogP) is 1.90. The van der Waals surface area contributed by atoms with E-state index in [0.717, 1.165) is 6.26 Å². The number of likely N-dealkylation sites (tertiary alicyclic amines) is 1. The van der Waals surface area contributed by atoms with Crippen molar-refractivity contribution in [2.45, 2.75) is 39.7 Å². The van der Waals surface area contributed by atoms with Crippen molar-refractivity contribution in [1.29, 1.82) is 0 Å². The summed E-state index contributed by atoms with van der Waals surface area (Å²) in [6.45, 7) is 6.43. The number of carboxylic acids is 1. The minimum Gasteiger partial charge on any atom is -0.514 e. The molecule has 0 aromatic heterocycles. The highest BCUT2D eigenvalue weighted by Crippen LogP contribution is 2.27. The molecule has 0 spiro atoms. The van der Waals surface area contributed by atoms with Crippen LogP contribution in [0.25, 0.3) is 0 Å². The topological polar surface area (TPSA) is 89.9 Å². The fourth-order valence-corrected chi connectivity index (χ4v) is 2.98. The molecular weight excluding hydrogens is 284 g/mol. The van der Waals surface area contributed by atoms with E-state index in [-0.39, 0.29) is 17.7 Å². The van der Waals surface area contributed by atoms with E-state index in [2.05, 4.69) is 5.32 Å². The molecule has 0 aliphatic carbocycles. The van der Waals surface area contributed by atoms with Gasteiger partial charge in [-0.3, -0.25) is 14.5 Å². The van der Waals surface area contributed by atoms with Gasteiger partial charge in [-0.15, -0.1) is 0 Å². The monoisotopic (exact) mass is 310 g/mol. The van der Waals surface area contributed by atoms with E-state index in [9.17, 15) is 19.8 Å². The van der Waals surface area contributed by atoms with Crippen LogP contribution in [0.2, 0.25) is 0 Å². The Hall–Kier alpha value is -1.82. The van der Waals surface area contributed by atoms with Crippen LogP contribution in [0.5, 0.6) is 0 Å². The molecule has 0 aromatic carbocycles. The second kappa shape index (κ2) is 8.58. The highest BCUT2D eigenvalue weighted by molar-refractivity contribution is 5.75. The summed E-state index contributed by atoms with van der Waals surface area (Å²) in [5, 5.41) is 21.4. The fraction of sp³-hybridized carbons (Fsp3) is 0.625. The van der Waals surface area contributed by atoms with E-state index in [1.54, 1.807) is 0 Å². The standard InChI is InChI=1S/C16H26N2O4/c1-4-6-12-7-15(16(21)22)18(8-12)9-13(5-2)14(10-19)17-11(3)20/h4,6,10,12-13,15,19H,5,7-9H2,1-3H3,(H,17,20)(H,21,22)/t12-,13?,15-/m1/s1. The first kappa shape index (κ1) is 18.2. The van der Waals surface area contributed by atoms with Gasteiger partial charge in [0.05, 0.1) is 12.0 Å². The summed E-state index contributed by atoms with van der Waals surface area (Å²) in [7, 11) is 0. The van der Waals surface area contributed by atoms with Gasteiger partial charge in [0.2, 0.25) is 5.91 Å². The van der Waals surface area contributed by atoms with Crippen molar-refractivity contribution in [3.05, 3.63) is 24.1 Å². The number of carbonyl (C=O) groups excluding carboxylic acids is 1. The van der Waals surface area contributed by atoms with Crippen molar-refractivity contribution in [1.82, 2.24) is 10.2 Å². The second-order valence-electron chi connectivity index (χ2n) is 5.70. The first-order chi connectivity index (χ1) is 10.4. The molecule has 1 heterocycles. The zero-order valence-corrected chi connectivity index (χ0v) is 13.5. The summed E-state index contributed by atoms with van der Waals surface area (Å²) >= 11 is 0. The van der Waals surface area contributed by atoms with Crippen LogP contribution in [-0.4, -0.2) is 46.1 Å². The molecule has 1 unspecified atom stereocenters. The quantitative estimate of drug-likeness (QED) is 0.493. The molecule has 0 aromatic rings. The zero-order valence-electron chi connectivity index (χ0n) is 13.5. The van der Waals surface area contributed by atoms with E-state index >= 15 is 0 Å². The SMILES string of the molecule is CC=C[C@@H]1C[C@H](C(=O)O)N(CC(CC)C(=CO)NC(C)=O)C1. The zero-order chi connectivity index (χ0) is 16.7. The number of hydrogen-bond donors (Lipinski definition) is 3. The highest BCUT2D eigenvalue weighted by atomic mass is 16.4. The lowest BCUT2D eigenvalue weighted by Gasteiger charge is -2.27. The number of rotatable bonds is 7. The maximum atomic E-state index is 11.4. The van der Waals surface area contributed by atoms with E-state index in [0.29, 0.717) is 31.6 Å². The maximum absolute atomic E-state index is 11.4. The predicted molar refractivity (Wildman–Crippen MR) is 84.2 cm³/mol. The van der Waals surface area contributed by atoms with Crippen molar-refractivity contribution in [3.8, 4) is 0 Å². The summed E-state index contributed by atoms with van der Waals surface area (Å²) in [5.41, 5.74) is 0.439. The van der Waals surface area contributed by atoms with Gasteiger partial charge in [-0.2, -0.15) is 0 Å². The van der Waals surface area contributed by atoms with Crippen LogP contribution < -0.4 is 5.32 Å². The number of aliphatic hydroxyl groups is 1. The van der Waals surface area contributed by atoms with Gasteiger partial charge >= 0.3 is 5.97 Å². The molecule has 6 nitrogen and oxygen atoms in total. The number of carbonyl (C=O) groups is 2. The lowest BCUT2D eigenvalue weighted by molar-refractivity contribution is -0.142. The van der Waals surface area contributed by atoms with Crippen LogP contribution in [0.1, 0.15) is 33.6 Å². The number of hydrogen-bond acceptors (Lipinski definition) is 4. The van der Waals surface area contributed by atoms with Gasteiger partial charge in [-0.05, 0) is 25.7 Å². The molecule has 1 amide bonds. The molecule has 3 N–H and O–H groups in total. The summed E-state index contributed by atoms with van der Waals surface area (Å²) in [4.78, 5) is 24.6. The van der Waals surface area contributed by atoms with Gasteiger partial charge in [0, 0.05) is 25.9 Å². The number of allylic oxidation sites excluding steroid dienone is 1. The largest absolute Gasteiger partial charge is 0.514 e. The number of carboxylic acid groups (broad SMARTS) is 1. The number of aliphatic carboxylic acids is 1. The third kappa shape index (κ3) is 4.87. The van der Waals surface area contributed by atoms with E-state index in [1.165, 1.54) is 6.92 Å². The molecule has 1 fully saturated rings. The number of nitrogens with zero attached hydrogens (tertiary/aromatic N) is 1. The summed E-state index contributed by atoms with van der Waals surface area (Å²) < 4.78 is 0. The van der Waals surface area contributed by atoms with Crippen LogP contribution in [0.15, 0.2) is 24.1 Å². The Morgan fingerprint density at radius 3 is 2.59 bits per heavy atom. The molecular formula is C16H26N2O4. The van der Waals surface area contributed by atoms with Crippen LogP contribution in [0, 0.1) is 11.8 Å². The molecule has 3 atom stereocenters. The molecule has 1 aliphatic rings. The van der Waals surface area contributed by atoms with E-state index < -0.39 is 12.0 Å². The third-order valence-corrected chi connectivity index (χ3v) is 4.03. The summed E-state index contributed by atoms with van der Waals surface area (Å²) in [6.07, 6.45) is 6.18. The molecule has 1 saturated heterocycles. The van der Waals surface area contributed by atoms with Crippen LogP contribution in [0.3, 0.4) is 0 Å². The lowest BCUT2D eigenvalue weighted by Crippen LogP contribution is -2.41. The van der Waals surface area contributed by atoms with E-state index in [1.807, 2.05) is 30.9 Å². The van der Waals surface area contributed by atoms with Crippen molar-refractivity contribution in [2.24, 2.45) is 11.8 Å². The Bertz CT molecular complexity index is 459. The average Bonchev–Trinajstić information content (AvgIpc) is 2.85. The molecule has 0 saturated carbocycles. The molecule has 1 rings (SSSR count). The number of aliphatic hydroxyl groups excluding tert-OH is 1. The van der Waals surface area contributed by atoms with Crippen LogP contribution in [-0.2, 0) is 9.59 Å². The first-order valence-electron chi connectivity index (χ1n) is 7.64. The average molecular weight is 310 g/mol. The Morgan fingerprint density at radius 1 is 1.45 bits per heavy atom. The normalized spacial score (nSPS) is 24.6. The summed E-state index contributed by atoms with van der Waals surface area (Å²) in [5.74, 6) is -0.955. The molecule has 6 heteroatoms. The minimum atomic E-state index is -0.823. The highest BCUT2D eigenvalue weighted by Gasteiger charge is 2.36. The fourth-order valence-electron chi connectivity index (χ4n) is 2.98. The van der Waals surface area contributed by atoms with Gasteiger partial charge in [-0.1, -0.05) is 19.1 Å². The van der Waals surface area contributed by atoms with Gasteiger partial charge in [-0.25, -0.2) is 0 Å². The van der Waals surface area contributed by atoms with Crippen molar-refractivity contribution >= 4 is 11.9 Å². The molecule has 1 aliphatic heterocycles. The molecule has 22 heavy (non-hydrogen) atoms. The second-order valence-corrected chi connectivity index (χ2v) is 5.70. The van der Waals surface area contributed by atoms with Crippen molar-refractivity contribution < 1.29 is 19.8 Å². The Balaban J connectivity index is 2.83. The molecule has 124 valence electrons. The van der Waals surface area contributed by atoms with E-state index in [4.69, 9.17) is 0 Å². The van der Waals surface area contributed by atoms with Gasteiger partial charge in [0.25, 0.3) is 0 Å². The van der Waals surface area contributed by atoms with Gasteiger partial charge in [0.15, 0.2) is 0 Å². The lowest BCUT2D eigenvalue weighted by atomic mass is 10.0. The Labute approximate surface area is 131 Å². The van der Waals surface area contributed by atoms with Crippen LogP contribution in [0.4, 0.5) is 0 Å². The van der Waals surface area contributed by atoms with Gasteiger partial charge in [0.1, 0.15) is 6.04 Å². The smallest absolute Gasteiger partial charge is 0.320 e. The molecule has 0 bridgehead atoms. The van der Waals surface area contributed by atoms with Crippen molar-refractivity contribution in [2.75, 3.05) is 13.1 Å². The minimum absolute atomic E-state index is 0.111. The maximum Gasteiger partial charge on any atom is 0.320 e. The first-order valence-corrected chi connectivity index (χ1v) is 7.64. The summed E-state index contributed by atoms with van der Waals surface area (Å²) in [6, 6.07) is -0.521. The molecule has 0 radical (unpaired) electrons. The van der Waals surface area contributed by atoms with Crippen LogP contribution >= 0.6 is 0 Å².